The minimum atomic E-state index is -2.95. The van der Waals surface area contributed by atoms with Gasteiger partial charge in [0.25, 0.3) is 0 Å². The number of halogens is 3. The largest absolute Gasteiger partial charge is 0.490 e. The summed E-state index contributed by atoms with van der Waals surface area (Å²) in [6.07, 6.45) is 1.93. The van der Waals surface area contributed by atoms with E-state index in [1.807, 2.05) is 4.90 Å². The van der Waals surface area contributed by atoms with E-state index >= 15 is 0 Å². The predicted molar refractivity (Wildman–Crippen MR) is 126 cm³/mol. The number of nitrogens with one attached hydrogen (secondary N) is 2. The van der Waals surface area contributed by atoms with Crippen LogP contribution in [0.3, 0.4) is 0 Å². The van der Waals surface area contributed by atoms with E-state index in [1.54, 1.807) is 44.2 Å². The highest BCUT2D eigenvalue weighted by Crippen LogP contribution is 2.32. The number of alkyl halides is 2. The van der Waals surface area contributed by atoms with Crippen molar-refractivity contribution < 1.29 is 27.8 Å². The van der Waals surface area contributed by atoms with Crippen LogP contribution in [0.2, 0.25) is 5.02 Å². The van der Waals surface area contributed by atoms with Gasteiger partial charge in [-0.15, -0.1) is 0 Å². The number of hydrogen-bond acceptors (Lipinski definition) is 5. The molecule has 1 fully saturated rings. The third kappa shape index (κ3) is 7.56. The fourth-order valence-corrected chi connectivity index (χ4v) is 3.63. The van der Waals surface area contributed by atoms with Gasteiger partial charge in [0, 0.05) is 23.3 Å². The number of nitrogens with zero attached hydrogens (tertiary/aromatic N) is 1. The highest BCUT2D eigenvalue weighted by atomic mass is 35.5. The van der Waals surface area contributed by atoms with Gasteiger partial charge in [0.15, 0.2) is 11.5 Å². The van der Waals surface area contributed by atoms with Crippen molar-refractivity contribution in [3.05, 3.63) is 52.5 Å². The zero-order valence-corrected chi connectivity index (χ0v) is 19.8. The van der Waals surface area contributed by atoms with E-state index in [4.69, 9.17) is 16.3 Å². The average molecular weight is 496 g/mol. The standard InChI is InChI=1S/C24H28ClF2N3O4/c1-3-33-21-11-16(7-10-20(21)34-24(26)27)13-30(17-8-9-17)14-23(32)28-12-22(31)29-19-6-4-5-18(25)15(19)2/h4-7,10-11,17,24H,3,8-9,12-14H2,1-2H3,(H,28,32)(H,29,31). The van der Waals surface area contributed by atoms with E-state index in [0.717, 1.165) is 24.0 Å². The van der Waals surface area contributed by atoms with Crippen molar-refractivity contribution in [2.75, 3.05) is 25.0 Å². The fraction of sp³-hybridized carbons (Fsp3) is 0.417. The molecule has 10 heteroatoms. The van der Waals surface area contributed by atoms with Crippen LogP contribution in [0.5, 0.6) is 11.5 Å². The van der Waals surface area contributed by atoms with Gasteiger partial charge in [0.05, 0.1) is 19.7 Å². The first-order valence-corrected chi connectivity index (χ1v) is 11.4. The molecule has 1 aliphatic carbocycles. The van der Waals surface area contributed by atoms with Gasteiger partial charge in [-0.05, 0) is 62.1 Å². The predicted octanol–water partition coefficient (Wildman–Crippen LogP) is 4.37. The fourth-order valence-electron chi connectivity index (χ4n) is 3.46. The van der Waals surface area contributed by atoms with Crippen molar-refractivity contribution in [1.82, 2.24) is 10.2 Å². The molecule has 2 aromatic carbocycles. The molecule has 0 aliphatic heterocycles. The molecule has 1 aliphatic rings. The van der Waals surface area contributed by atoms with Crippen LogP contribution in [0, 0.1) is 6.92 Å². The lowest BCUT2D eigenvalue weighted by Crippen LogP contribution is -2.41. The van der Waals surface area contributed by atoms with E-state index in [2.05, 4.69) is 15.4 Å². The molecule has 2 N–H and O–H groups in total. The molecule has 34 heavy (non-hydrogen) atoms. The number of rotatable bonds is 12. The molecule has 0 saturated heterocycles. The van der Waals surface area contributed by atoms with E-state index in [9.17, 15) is 18.4 Å². The maximum Gasteiger partial charge on any atom is 0.387 e. The SMILES string of the molecule is CCOc1cc(CN(CC(=O)NCC(=O)Nc2cccc(Cl)c2C)C2CC2)ccc1OC(F)F. The minimum absolute atomic E-state index is 0.0303. The Morgan fingerprint density at radius 2 is 1.94 bits per heavy atom. The van der Waals surface area contributed by atoms with Gasteiger partial charge in [-0.3, -0.25) is 14.5 Å². The van der Waals surface area contributed by atoms with E-state index in [-0.39, 0.29) is 42.4 Å². The van der Waals surface area contributed by atoms with Gasteiger partial charge in [0.1, 0.15) is 0 Å². The Balaban J connectivity index is 1.55. The van der Waals surface area contributed by atoms with Crippen LogP contribution in [0.15, 0.2) is 36.4 Å². The van der Waals surface area contributed by atoms with Gasteiger partial charge >= 0.3 is 6.61 Å². The zero-order chi connectivity index (χ0) is 24.7. The van der Waals surface area contributed by atoms with Gasteiger partial charge < -0.3 is 20.1 Å². The van der Waals surface area contributed by atoms with Crippen molar-refractivity contribution in [2.45, 2.75) is 45.9 Å². The minimum Gasteiger partial charge on any atom is -0.490 e. The third-order valence-electron chi connectivity index (χ3n) is 5.31. The summed E-state index contributed by atoms with van der Waals surface area (Å²) < 4.78 is 35.2. The van der Waals surface area contributed by atoms with Crippen molar-refractivity contribution in [3.8, 4) is 11.5 Å². The summed E-state index contributed by atoms with van der Waals surface area (Å²) in [7, 11) is 0. The first-order valence-electron chi connectivity index (χ1n) is 11.0. The molecule has 0 spiro atoms. The summed E-state index contributed by atoms with van der Waals surface area (Å²) in [5.41, 5.74) is 2.15. The Kier molecular flexibility index (Phi) is 9.06. The molecule has 0 bridgehead atoms. The van der Waals surface area contributed by atoms with Gasteiger partial charge in [0.2, 0.25) is 11.8 Å². The van der Waals surface area contributed by atoms with E-state index < -0.39 is 6.61 Å². The van der Waals surface area contributed by atoms with Crippen molar-refractivity contribution >= 4 is 29.1 Å². The molecule has 2 amide bonds. The lowest BCUT2D eigenvalue weighted by Gasteiger charge is -2.22. The van der Waals surface area contributed by atoms with Crippen LogP contribution in [0.4, 0.5) is 14.5 Å². The van der Waals surface area contributed by atoms with Crippen LogP contribution in [-0.4, -0.2) is 49.1 Å². The topological polar surface area (TPSA) is 79.9 Å². The van der Waals surface area contributed by atoms with Crippen LogP contribution in [-0.2, 0) is 16.1 Å². The second-order valence-corrected chi connectivity index (χ2v) is 8.37. The molecule has 0 heterocycles. The van der Waals surface area contributed by atoms with Crippen molar-refractivity contribution in [3.63, 3.8) is 0 Å². The molecular weight excluding hydrogens is 468 g/mol. The lowest BCUT2D eigenvalue weighted by atomic mass is 10.2. The monoisotopic (exact) mass is 495 g/mol. The summed E-state index contributed by atoms with van der Waals surface area (Å²) in [6.45, 7) is 1.27. The van der Waals surface area contributed by atoms with Gasteiger partial charge in [-0.25, -0.2) is 0 Å². The summed E-state index contributed by atoms with van der Waals surface area (Å²) in [6, 6.07) is 10.2. The quantitative estimate of drug-likeness (QED) is 0.457. The normalized spacial score (nSPS) is 13.1. The van der Waals surface area contributed by atoms with Gasteiger partial charge in [-0.2, -0.15) is 8.78 Å². The number of carbonyl (C=O) groups excluding carboxylic acids is 2. The Hall–Kier alpha value is -2.91. The Labute approximate surface area is 202 Å². The first-order chi connectivity index (χ1) is 16.3. The van der Waals surface area contributed by atoms with E-state index in [0.29, 0.717) is 23.9 Å². The summed E-state index contributed by atoms with van der Waals surface area (Å²) in [5, 5.41) is 5.93. The third-order valence-corrected chi connectivity index (χ3v) is 5.72. The maximum absolute atomic E-state index is 12.6. The highest BCUT2D eigenvalue weighted by molar-refractivity contribution is 6.31. The molecule has 1 saturated carbocycles. The van der Waals surface area contributed by atoms with Crippen molar-refractivity contribution in [2.24, 2.45) is 0 Å². The van der Waals surface area contributed by atoms with E-state index in [1.165, 1.54) is 6.07 Å². The smallest absolute Gasteiger partial charge is 0.387 e. The Morgan fingerprint density at radius 1 is 1.18 bits per heavy atom. The summed E-state index contributed by atoms with van der Waals surface area (Å²) in [5.74, 6) is -0.439. The number of amides is 2. The second-order valence-electron chi connectivity index (χ2n) is 7.97. The molecule has 0 aromatic heterocycles. The summed E-state index contributed by atoms with van der Waals surface area (Å²) in [4.78, 5) is 26.8. The maximum atomic E-state index is 12.6. The number of ether oxygens (including phenoxy) is 2. The first kappa shape index (κ1) is 25.7. The van der Waals surface area contributed by atoms with Crippen LogP contribution in [0.1, 0.15) is 30.9 Å². The summed E-state index contributed by atoms with van der Waals surface area (Å²) >= 11 is 6.07. The molecule has 0 unspecified atom stereocenters. The highest BCUT2D eigenvalue weighted by Gasteiger charge is 2.30. The number of anilines is 1. The molecule has 0 atom stereocenters. The number of carbonyl (C=O) groups is 2. The number of benzene rings is 2. The Bertz CT molecular complexity index is 1020. The van der Waals surface area contributed by atoms with Crippen LogP contribution in [0.25, 0.3) is 0 Å². The lowest BCUT2D eigenvalue weighted by molar-refractivity contribution is -0.125. The Morgan fingerprint density at radius 3 is 2.62 bits per heavy atom. The average Bonchev–Trinajstić information content (AvgIpc) is 3.62. The van der Waals surface area contributed by atoms with Crippen LogP contribution >= 0.6 is 11.6 Å². The van der Waals surface area contributed by atoms with Crippen LogP contribution < -0.4 is 20.1 Å². The number of hydrogen-bond donors (Lipinski definition) is 2. The molecule has 184 valence electrons. The molecule has 7 nitrogen and oxygen atoms in total. The molecular formula is C24H28ClF2N3O4. The van der Waals surface area contributed by atoms with Gasteiger partial charge in [-0.1, -0.05) is 23.7 Å². The second kappa shape index (κ2) is 12.0. The molecule has 2 aromatic rings. The zero-order valence-electron chi connectivity index (χ0n) is 19.1. The molecule has 3 rings (SSSR count). The van der Waals surface area contributed by atoms with Crippen molar-refractivity contribution in [1.29, 1.82) is 0 Å². The molecule has 0 radical (unpaired) electrons.